The number of rotatable bonds is 4. The molecule has 9 heteroatoms. The largest absolute Gasteiger partial charge is 0.486 e. The van der Waals surface area contributed by atoms with Gasteiger partial charge in [0, 0.05) is 25.1 Å². The Morgan fingerprint density at radius 1 is 1.31 bits per heavy atom. The first-order valence-electron chi connectivity index (χ1n) is 8.33. The van der Waals surface area contributed by atoms with E-state index in [0.29, 0.717) is 30.3 Å². The Kier molecular flexibility index (Phi) is 4.97. The Bertz CT molecular complexity index is 708. The summed E-state index contributed by atoms with van der Waals surface area (Å²) in [6.45, 7) is 2.70. The Morgan fingerprint density at radius 2 is 2.04 bits per heavy atom. The molecule has 1 N–H and O–H groups in total. The maximum Gasteiger partial charge on any atom is 0.394 e. The normalized spacial score (nSPS) is 22.1. The van der Waals surface area contributed by atoms with Gasteiger partial charge in [0.05, 0.1) is 5.92 Å². The number of fused-ring (bicyclic) bond motifs is 1. The number of alkyl halides is 3. The third-order valence-electron chi connectivity index (χ3n) is 4.51. The first-order valence-corrected chi connectivity index (χ1v) is 8.33. The number of halogens is 3. The van der Waals surface area contributed by atoms with Crippen LogP contribution < -0.4 is 14.8 Å². The second kappa shape index (κ2) is 7.05. The summed E-state index contributed by atoms with van der Waals surface area (Å²) in [6.07, 6.45) is -5.35. The SMILES string of the molecule is CCN(Cc1cccc2c1OCCO2)C(=O)C1NC(=O)CC1C(F)(F)F. The van der Waals surface area contributed by atoms with Gasteiger partial charge in [-0.3, -0.25) is 9.59 Å². The van der Waals surface area contributed by atoms with Gasteiger partial charge in [-0.25, -0.2) is 0 Å². The minimum atomic E-state index is -4.62. The van der Waals surface area contributed by atoms with Crippen LogP contribution in [0.4, 0.5) is 13.2 Å². The lowest BCUT2D eigenvalue weighted by Gasteiger charge is -2.29. The fraction of sp³-hybridized carbons (Fsp3) is 0.529. The summed E-state index contributed by atoms with van der Waals surface area (Å²) in [6, 6.07) is 3.60. The van der Waals surface area contributed by atoms with Crippen LogP contribution in [0.2, 0.25) is 0 Å². The van der Waals surface area contributed by atoms with Crippen LogP contribution in [0.25, 0.3) is 0 Å². The number of nitrogens with zero attached hydrogens (tertiary/aromatic N) is 1. The van der Waals surface area contributed by atoms with Gasteiger partial charge in [-0.15, -0.1) is 0 Å². The molecule has 0 aromatic heterocycles. The molecule has 2 aliphatic rings. The molecule has 0 bridgehead atoms. The van der Waals surface area contributed by atoms with Crippen molar-refractivity contribution in [2.24, 2.45) is 5.92 Å². The van der Waals surface area contributed by atoms with Crippen molar-refractivity contribution in [2.45, 2.75) is 32.1 Å². The van der Waals surface area contributed by atoms with E-state index in [-0.39, 0.29) is 13.1 Å². The van der Waals surface area contributed by atoms with Crippen LogP contribution in [0.1, 0.15) is 18.9 Å². The molecule has 0 radical (unpaired) electrons. The van der Waals surface area contributed by atoms with Gasteiger partial charge in [-0.05, 0) is 13.0 Å². The molecule has 26 heavy (non-hydrogen) atoms. The van der Waals surface area contributed by atoms with Crippen LogP contribution in [-0.4, -0.2) is 48.7 Å². The number of carbonyl (C=O) groups is 2. The van der Waals surface area contributed by atoms with Crippen LogP contribution >= 0.6 is 0 Å². The third kappa shape index (κ3) is 3.56. The minimum Gasteiger partial charge on any atom is -0.486 e. The maximum absolute atomic E-state index is 13.2. The van der Waals surface area contributed by atoms with E-state index in [9.17, 15) is 22.8 Å². The van der Waals surface area contributed by atoms with Gasteiger partial charge < -0.3 is 19.7 Å². The molecule has 0 spiro atoms. The third-order valence-corrected chi connectivity index (χ3v) is 4.51. The number of benzene rings is 1. The van der Waals surface area contributed by atoms with Crippen LogP contribution in [0.5, 0.6) is 11.5 Å². The van der Waals surface area contributed by atoms with Crippen LogP contribution in [0.3, 0.4) is 0 Å². The number of hydrogen-bond acceptors (Lipinski definition) is 4. The molecule has 2 unspecified atom stereocenters. The quantitative estimate of drug-likeness (QED) is 0.876. The van der Waals surface area contributed by atoms with Crippen molar-refractivity contribution in [1.82, 2.24) is 10.2 Å². The van der Waals surface area contributed by atoms with Crippen molar-refractivity contribution in [3.63, 3.8) is 0 Å². The molecule has 2 aliphatic heterocycles. The number of likely N-dealkylation sites (N-methyl/N-ethyl adjacent to an activating group) is 1. The second-order valence-corrected chi connectivity index (χ2v) is 6.19. The smallest absolute Gasteiger partial charge is 0.394 e. The van der Waals surface area contributed by atoms with Gasteiger partial charge in [0.15, 0.2) is 11.5 Å². The number of amides is 2. The van der Waals surface area contributed by atoms with Gasteiger partial charge in [0.25, 0.3) is 0 Å². The van der Waals surface area contributed by atoms with Crippen molar-refractivity contribution >= 4 is 11.8 Å². The van der Waals surface area contributed by atoms with E-state index in [0.717, 1.165) is 0 Å². The Labute approximate surface area is 148 Å². The number of para-hydroxylation sites is 1. The molecule has 2 atom stereocenters. The number of carbonyl (C=O) groups excluding carboxylic acids is 2. The Morgan fingerprint density at radius 3 is 2.73 bits per heavy atom. The highest BCUT2D eigenvalue weighted by molar-refractivity contribution is 5.91. The van der Waals surface area contributed by atoms with Gasteiger partial charge in [-0.2, -0.15) is 13.2 Å². The summed E-state index contributed by atoms with van der Waals surface area (Å²) in [5, 5.41) is 2.17. The summed E-state index contributed by atoms with van der Waals surface area (Å²) < 4.78 is 50.6. The molecule has 1 aromatic carbocycles. The molecule has 0 saturated carbocycles. The monoisotopic (exact) mass is 372 g/mol. The van der Waals surface area contributed by atoms with E-state index < -0.39 is 36.4 Å². The molecule has 2 amide bonds. The number of ether oxygens (including phenoxy) is 2. The van der Waals surface area contributed by atoms with Crippen LogP contribution in [-0.2, 0) is 16.1 Å². The predicted octanol–water partition coefficient (Wildman–Crippen LogP) is 1.87. The molecule has 3 rings (SSSR count). The Balaban J connectivity index is 1.81. The summed E-state index contributed by atoms with van der Waals surface area (Å²) >= 11 is 0. The van der Waals surface area contributed by atoms with Crippen molar-refractivity contribution in [1.29, 1.82) is 0 Å². The molecular formula is C17H19F3N2O4. The highest BCUT2D eigenvalue weighted by Crippen LogP contribution is 2.37. The average Bonchev–Trinajstić information content (AvgIpc) is 3.01. The predicted molar refractivity (Wildman–Crippen MR) is 84.6 cm³/mol. The highest BCUT2D eigenvalue weighted by atomic mass is 19.4. The molecule has 1 saturated heterocycles. The van der Waals surface area contributed by atoms with Gasteiger partial charge >= 0.3 is 6.18 Å². The molecular weight excluding hydrogens is 353 g/mol. The molecule has 142 valence electrons. The zero-order valence-corrected chi connectivity index (χ0v) is 14.1. The number of hydrogen-bond donors (Lipinski definition) is 1. The van der Waals surface area contributed by atoms with Crippen LogP contribution in [0, 0.1) is 5.92 Å². The van der Waals surface area contributed by atoms with E-state index in [1.165, 1.54) is 4.90 Å². The van der Waals surface area contributed by atoms with E-state index in [1.54, 1.807) is 25.1 Å². The number of nitrogens with one attached hydrogen (secondary N) is 1. The van der Waals surface area contributed by atoms with Gasteiger partial charge in [0.1, 0.15) is 19.3 Å². The molecule has 6 nitrogen and oxygen atoms in total. The standard InChI is InChI=1S/C17H19F3N2O4/c1-2-22(9-10-4-3-5-12-15(10)26-7-6-25-12)16(24)14-11(17(18,19)20)8-13(23)21-14/h3-5,11,14H,2,6-9H2,1H3,(H,21,23). The lowest BCUT2D eigenvalue weighted by atomic mass is 9.98. The van der Waals surface area contributed by atoms with Crippen molar-refractivity contribution in [3.05, 3.63) is 23.8 Å². The zero-order valence-electron chi connectivity index (χ0n) is 14.1. The fourth-order valence-electron chi connectivity index (χ4n) is 3.20. The van der Waals surface area contributed by atoms with Gasteiger partial charge in [-0.1, -0.05) is 12.1 Å². The summed E-state index contributed by atoms with van der Waals surface area (Å²) in [5.74, 6) is -2.50. The van der Waals surface area contributed by atoms with Crippen molar-refractivity contribution in [2.75, 3.05) is 19.8 Å². The first kappa shape index (κ1) is 18.3. The fourth-order valence-corrected chi connectivity index (χ4v) is 3.20. The summed E-state index contributed by atoms with van der Waals surface area (Å²) in [5.41, 5.74) is 0.644. The van der Waals surface area contributed by atoms with E-state index in [4.69, 9.17) is 9.47 Å². The highest BCUT2D eigenvalue weighted by Gasteiger charge is 2.53. The molecule has 1 fully saturated rings. The van der Waals surface area contributed by atoms with Crippen molar-refractivity contribution < 1.29 is 32.2 Å². The molecule has 0 aliphatic carbocycles. The van der Waals surface area contributed by atoms with E-state index in [2.05, 4.69) is 5.32 Å². The Hall–Kier alpha value is -2.45. The lowest BCUT2D eigenvalue weighted by molar-refractivity contribution is -0.182. The van der Waals surface area contributed by atoms with Crippen LogP contribution in [0.15, 0.2) is 18.2 Å². The average molecular weight is 372 g/mol. The first-order chi connectivity index (χ1) is 12.3. The van der Waals surface area contributed by atoms with Crippen molar-refractivity contribution in [3.8, 4) is 11.5 Å². The zero-order chi connectivity index (χ0) is 18.9. The topological polar surface area (TPSA) is 67.9 Å². The molecule has 2 heterocycles. The van der Waals surface area contributed by atoms with E-state index in [1.807, 2.05) is 0 Å². The second-order valence-electron chi connectivity index (χ2n) is 6.19. The molecule has 1 aromatic rings. The van der Waals surface area contributed by atoms with E-state index >= 15 is 0 Å². The van der Waals surface area contributed by atoms with Gasteiger partial charge in [0.2, 0.25) is 11.8 Å². The maximum atomic E-state index is 13.2. The summed E-state index contributed by atoms with van der Waals surface area (Å²) in [7, 11) is 0. The minimum absolute atomic E-state index is 0.0683. The lowest BCUT2D eigenvalue weighted by Crippen LogP contribution is -2.49. The summed E-state index contributed by atoms with van der Waals surface area (Å²) in [4.78, 5) is 25.4.